The van der Waals surface area contributed by atoms with Gasteiger partial charge in [-0.3, -0.25) is 0 Å². The second kappa shape index (κ2) is 7.68. The van der Waals surface area contributed by atoms with Crippen LogP contribution in [0.25, 0.3) is 0 Å². The highest BCUT2D eigenvalue weighted by molar-refractivity contribution is 5.90. The van der Waals surface area contributed by atoms with Gasteiger partial charge in [0.2, 0.25) is 0 Å². The first-order valence-electron chi connectivity index (χ1n) is 6.43. The molecule has 2 aromatic rings. The Hall–Kier alpha value is -3.02. The molecule has 6 heteroatoms. The molecule has 6 nitrogen and oxygen atoms in total. The molecule has 2 rings (SSSR count). The van der Waals surface area contributed by atoms with Gasteiger partial charge in [0.1, 0.15) is 17.1 Å². The van der Waals surface area contributed by atoms with Crippen molar-refractivity contribution in [2.45, 2.75) is 13.3 Å². The average molecular weight is 304 g/mol. The fourth-order valence-corrected chi connectivity index (χ4v) is 1.74. The average Bonchev–Trinajstić information content (AvgIpc) is 2.47. The summed E-state index contributed by atoms with van der Waals surface area (Å²) in [4.78, 5) is 20.9. The summed E-state index contributed by atoms with van der Waals surface area (Å²) in [6.45, 7) is 1.85. The first kappa shape index (κ1) is 17.0. The third-order valence-corrected chi connectivity index (χ3v) is 2.83. The van der Waals surface area contributed by atoms with E-state index in [1.165, 1.54) is 30.3 Å². The highest BCUT2D eigenvalue weighted by Gasteiger charge is 2.08. The van der Waals surface area contributed by atoms with Crippen LogP contribution in [-0.4, -0.2) is 32.4 Å². The third-order valence-electron chi connectivity index (χ3n) is 2.83. The molecule has 0 saturated carbocycles. The van der Waals surface area contributed by atoms with E-state index in [4.69, 9.17) is 20.4 Å². The Bertz CT molecular complexity index is 678. The van der Waals surface area contributed by atoms with Crippen LogP contribution in [0.5, 0.6) is 11.5 Å². The Balaban J connectivity index is 0.000000224. The number of carboxylic acids is 2. The Labute approximate surface area is 126 Å². The molecule has 0 aromatic heterocycles. The molecule has 0 spiro atoms. The molecule has 116 valence electrons. The summed E-state index contributed by atoms with van der Waals surface area (Å²) >= 11 is 0. The number of carboxylic acid groups (broad SMARTS) is 2. The summed E-state index contributed by atoms with van der Waals surface area (Å²) in [5.74, 6) is -2.16. The van der Waals surface area contributed by atoms with Gasteiger partial charge in [0.05, 0.1) is 5.56 Å². The number of phenolic OH excluding ortho intramolecular Hbond substituents is 1. The second-order valence-corrected chi connectivity index (χ2v) is 4.32. The quantitative estimate of drug-likeness (QED) is 0.693. The van der Waals surface area contributed by atoms with E-state index in [9.17, 15) is 9.59 Å². The molecule has 0 unspecified atom stereocenters. The Kier molecular flexibility index (Phi) is 5.95. The molecule has 0 atom stereocenters. The molecular weight excluding hydrogens is 288 g/mol. The zero-order valence-corrected chi connectivity index (χ0v) is 11.9. The molecule has 0 aliphatic carbocycles. The molecule has 2 aromatic carbocycles. The monoisotopic (exact) mass is 304 g/mol. The van der Waals surface area contributed by atoms with Gasteiger partial charge in [0.25, 0.3) is 0 Å². The van der Waals surface area contributed by atoms with Crippen molar-refractivity contribution in [3.05, 3.63) is 59.2 Å². The maximum absolute atomic E-state index is 10.6. The predicted octanol–water partition coefficient (Wildman–Crippen LogP) is 2.74. The van der Waals surface area contributed by atoms with Crippen LogP contribution in [0.2, 0.25) is 0 Å². The number of benzene rings is 2. The zero-order chi connectivity index (χ0) is 16.7. The summed E-state index contributed by atoms with van der Waals surface area (Å²) in [5.41, 5.74) is 0.848. The molecule has 0 bridgehead atoms. The number of hydrogen-bond donors (Lipinski definition) is 4. The Morgan fingerprint density at radius 2 is 1.50 bits per heavy atom. The molecule has 0 radical (unpaired) electrons. The van der Waals surface area contributed by atoms with Gasteiger partial charge in [-0.15, -0.1) is 0 Å². The molecule has 0 heterocycles. The van der Waals surface area contributed by atoms with E-state index in [1.54, 1.807) is 12.1 Å². The van der Waals surface area contributed by atoms with Crippen molar-refractivity contribution in [2.24, 2.45) is 0 Å². The minimum Gasteiger partial charge on any atom is -0.508 e. The summed E-state index contributed by atoms with van der Waals surface area (Å²) in [6.07, 6.45) is 0.607. The first-order valence-corrected chi connectivity index (χ1v) is 6.43. The molecule has 22 heavy (non-hydrogen) atoms. The van der Waals surface area contributed by atoms with Crippen LogP contribution in [0.4, 0.5) is 0 Å². The van der Waals surface area contributed by atoms with Crippen LogP contribution in [0.15, 0.2) is 42.5 Å². The Morgan fingerprint density at radius 1 is 0.909 bits per heavy atom. The van der Waals surface area contributed by atoms with E-state index in [2.05, 4.69) is 0 Å². The van der Waals surface area contributed by atoms with Gasteiger partial charge in [-0.05, 0) is 42.3 Å². The van der Waals surface area contributed by atoms with Gasteiger partial charge in [0.15, 0.2) is 0 Å². The normalized spacial score (nSPS) is 9.50. The summed E-state index contributed by atoms with van der Waals surface area (Å²) in [5, 5.41) is 35.1. The van der Waals surface area contributed by atoms with E-state index in [1.807, 2.05) is 6.92 Å². The van der Waals surface area contributed by atoms with Gasteiger partial charge in [0, 0.05) is 0 Å². The van der Waals surface area contributed by atoms with Gasteiger partial charge in [-0.25, -0.2) is 9.59 Å². The SMILES string of the molecule is CCc1cc(O)ccc1C(=O)O.O=C(O)c1ccccc1O. The standard InChI is InChI=1S/C9H10O3.C7H6O3/c1-2-6-5-7(10)3-4-8(6)9(11)12;8-6-4-2-1-3-5(6)7(9)10/h3-5,10H,2H2,1H3,(H,11,12);1-4,8H,(H,9,10). The summed E-state index contributed by atoms with van der Waals surface area (Å²) < 4.78 is 0. The fourth-order valence-electron chi connectivity index (χ4n) is 1.74. The predicted molar refractivity (Wildman–Crippen MR) is 79.5 cm³/mol. The first-order chi connectivity index (χ1) is 10.4. The van der Waals surface area contributed by atoms with Crippen LogP contribution in [0.3, 0.4) is 0 Å². The maximum Gasteiger partial charge on any atom is 0.339 e. The number of rotatable bonds is 3. The lowest BCUT2D eigenvalue weighted by atomic mass is 10.1. The number of para-hydroxylation sites is 1. The van der Waals surface area contributed by atoms with Gasteiger partial charge in [-0.2, -0.15) is 0 Å². The number of carbonyl (C=O) groups is 2. The van der Waals surface area contributed by atoms with Crippen molar-refractivity contribution < 1.29 is 30.0 Å². The van der Waals surface area contributed by atoms with E-state index in [0.29, 0.717) is 12.0 Å². The van der Waals surface area contributed by atoms with Gasteiger partial charge < -0.3 is 20.4 Å². The lowest BCUT2D eigenvalue weighted by molar-refractivity contribution is 0.0683. The largest absolute Gasteiger partial charge is 0.508 e. The van der Waals surface area contributed by atoms with Crippen molar-refractivity contribution in [3.8, 4) is 11.5 Å². The number of aryl methyl sites for hydroxylation is 1. The third kappa shape index (κ3) is 4.52. The van der Waals surface area contributed by atoms with Crippen molar-refractivity contribution in [3.63, 3.8) is 0 Å². The highest BCUT2D eigenvalue weighted by atomic mass is 16.4. The lowest BCUT2D eigenvalue weighted by Crippen LogP contribution is -2.00. The number of phenols is 2. The topological polar surface area (TPSA) is 115 Å². The van der Waals surface area contributed by atoms with Crippen molar-refractivity contribution in [1.82, 2.24) is 0 Å². The maximum atomic E-state index is 10.6. The molecule has 0 fully saturated rings. The van der Waals surface area contributed by atoms with Gasteiger partial charge >= 0.3 is 11.9 Å². The molecule has 0 aliphatic heterocycles. The molecule has 0 aliphatic rings. The minimum absolute atomic E-state index is 0.0671. The van der Waals surface area contributed by atoms with Crippen LogP contribution in [0.1, 0.15) is 33.2 Å². The van der Waals surface area contributed by atoms with Crippen LogP contribution < -0.4 is 0 Å². The summed E-state index contributed by atoms with van der Waals surface area (Å²) in [7, 11) is 0. The van der Waals surface area contributed by atoms with Gasteiger partial charge in [-0.1, -0.05) is 19.1 Å². The van der Waals surface area contributed by atoms with Crippen LogP contribution >= 0.6 is 0 Å². The number of hydrogen-bond acceptors (Lipinski definition) is 4. The lowest BCUT2D eigenvalue weighted by Gasteiger charge is -2.02. The zero-order valence-electron chi connectivity index (χ0n) is 11.9. The van der Waals surface area contributed by atoms with E-state index in [-0.39, 0.29) is 22.6 Å². The Morgan fingerprint density at radius 3 is 1.95 bits per heavy atom. The van der Waals surface area contributed by atoms with E-state index >= 15 is 0 Å². The smallest absolute Gasteiger partial charge is 0.339 e. The van der Waals surface area contributed by atoms with Crippen LogP contribution in [0, 0.1) is 0 Å². The number of aromatic hydroxyl groups is 2. The van der Waals surface area contributed by atoms with E-state index < -0.39 is 11.9 Å². The minimum atomic E-state index is -1.11. The van der Waals surface area contributed by atoms with Crippen molar-refractivity contribution in [2.75, 3.05) is 0 Å². The van der Waals surface area contributed by atoms with Crippen molar-refractivity contribution >= 4 is 11.9 Å². The molecule has 0 saturated heterocycles. The fraction of sp³-hybridized carbons (Fsp3) is 0.125. The van der Waals surface area contributed by atoms with E-state index in [0.717, 1.165) is 0 Å². The second-order valence-electron chi connectivity index (χ2n) is 4.32. The highest BCUT2D eigenvalue weighted by Crippen LogP contribution is 2.17. The van der Waals surface area contributed by atoms with Crippen LogP contribution in [-0.2, 0) is 6.42 Å². The molecule has 4 N–H and O–H groups in total. The summed E-state index contributed by atoms with van der Waals surface area (Å²) in [6, 6.07) is 10.1. The molecular formula is C16H16O6. The number of aromatic carboxylic acids is 2. The van der Waals surface area contributed by atoms with Crippen molar-refractivity contribution in [1.29, 1.82) is 0 Å². The molecule has 0 amide bonds.